The third-order valence-electron chi connectivity index (χ3n) is 4.06. The van der Waals surface area contributed by atoms with E-state index in [-0.39, 0.29) is 5.91 Å². The average Bonchev–Trinajstić information content (AvgIpc) is 2.66. The van der Waals surface area contributed by atoms with Gasteiger partial charge >= 0.3 is 0 Å². The average molecular weight is 253 g/mol. The molecule has 0 atom stereocenters. The Morgan fingerprint density at radius 3 is 2.78 bits per heavy atom. The highest BCUT2D eigenvalue weighted by atomic mass is 16.1. The molecule has 2 rings (SSSR count). The standard InChI is InChI=1S/C14H27N3O/c18-14(16-13-5-2-1-3-6-13)7-11-17-10-4-8-15-9-12-17/h13,15H,1-12H2,(H,16,18). The van der Waals surface area contributed by atoms with Gasteiger partial charge in [0.1, 0.15) is 0 Å². The van der Waals surface area contributed by atoms with E-state index in [1.807, 2.05) is 0 Å². The maximum atomic E-state index is 11.9. The van der Waals surface area contributed by atoms with Gasteiger partial charge in [-0.2, -0.15) is 0 Å². The minimum absolute atomic E-state index is 0.249. The first-order valence-corrected chi connectivity index (χ1v) is 7.57. The van der Waals surface area contributed by atoms with Crippen LogP contribution < -0.4 is 10.6 Å². The van der Waals surface area contributed by atoms with Crippen molar-refractivity contribution in [3.63, 3.8) is 0 Å². The molecular weight excluding hydrogens is 226 g/mol. The van der Waals surface area contributed by atoms with Gasteiger partial charge in [-0.25, -0.2) is 0 Å². The maximum absolute atomic E-state index is 11.9. The lowest BCUT2D eigenvalue weighted by atomic mass is 9.95. The number of rotatable bonds is 4. The summed E-state index contributed by atoms with van der Waals surface area (Å²) in [4.78, 5) is 14.3. The molecule has 2 fully saturated rings. The number of nitrogens with one attached hydrogen (secondary N) is 2. The van der Waals surface area contributed by atoms with Crippen molar-refractivity contribution in [1.82, 2.24) is 15.5 Å². The fourth-order valence-corrected chi connectivity index (χ4v) is 2.93. The number of carbonyl (C=O) groups excluding carboxylic acids is 1. The smallest absolute Gasteiger partial charge is 0.221 e. The molecule has 0 unspecified atom stereocenters. The van der Waals surface area contributed by atoms with Crippen LogP contribution in [-0.2, 0) is 4.79 Å². The molecule has 0 aromatic rings. The highest BCUT2D eigenvalue weighted by Gasteiger charge is 2.16. The van der Waals surface area contributed by atoms with Crippen LogP contribution in [0.2, 0.25) is 0 Å². The fourth-order valence-electron chi connectivity index (χ4n) is 2.93. The fraction of sp³-hybridized carbons (Fsp3) is 0.929. The zero-order valence-electron chi connectivity index (χ0n) is 11.4. The summed E-state index contributed by atoms with van der Waals surface area (Å²) >= 11 is 0. The second-order valence-corrected chi connectivity index (χ2v) is 5.60. The minimum Gasteiger partial charge on any atom is -0.353 e. The third kappa shape index (κ3) is 4.94. The quantitative estimate of drug-likeness (QED) is 0.789. The van der Waals surface area contributed by atoms with Gasteiger partial charge in [0.05, 0.1) is 0 Å². The van der Waals surface area contributed by atoms with Crippen molar-refractivity contribution in [3.8, 4) is 0 Å². The Morgan fingerprint density at radius 1 is 1.11 bits per heavy atom. The van der Waals surface area contributed by atoms with Gasteiger partial charge in [0, 0.05) is 32.1 Å². The van der Waals surface area contributed by atoms with Crippen LogP contribution >= 0.6 is 0 Å². The molecular formula is C14H27N3O. The lowest BCUT2D eigenvalue weighted by Gasteiger charge is -2.24. The van der Waals surface area contributed by atoms with Crippen molar-refractivity contribution in [2.45, 2.75) is 51.0 Å². The molecule has 2 N–H and O–H groups in total. The Kier molecular flexibility index (Phi) is 5.94. The van der Waals surface area contributed by atoms with Crippen LogP contribution in [0.5, 0.6) is 0 Å². The summed E-state index contributed by atoms with van der Waals surface area (Å²) in [5, 5.41) is 6.58. The Morgan fingerprint density at radius 2 is 1.94 bits per heavy atom. The minimum atomic E-state index is 0.249. The molecule has 1 saturated carbocycles. The summed E-state index contributed by atoms with van der Waals surface area (Å²) in [6, 6.07) is 0.456. The highest BCUT2D eigenvalue weighted by molar-refractivity contribution is 5.76. The van der Waals surface area contributed by atoms with Crippen molar-refractivity contribution in [3.05, 3.63) is 0 Å². The Labute approximate surface area is 110 Å². The van der Waals surface area contributed by atoms with Crippen molar-refractivity contribution in [2.75, 3.05) is 32.7 Å². The Bertz CT molecular complexity index is 243. The first kappa shape index (κ1) is 13.8. The van der Waals surface area contributed by atoms with E-state index in [0.29, 0.717) is 12.5 Å². The van der Waals surface area contributed by atoms with Gasteiger partial charge in [-0.1, -0.05) is 19.3 Å². The molecule has 1 amide bonds. The van der Waals surface area contributed by atoms with E-state index in [1.165, 1.54) is 38.5 Å². The first-order valence-electron chi connectivity index (χ1n) is 7.57. The van der Waals surface area contributed by atoms with Crippen LogP contribution in [0, 0.1) is 0 Å². The topological polar surface area (TPSA) is 44.4 Å². The van der Waals surface area contributed by atoms with Gasteiger partial charge in [0.2, 0.25) is 5.91 Å². The number of hydrogen-bond acceptors (Lipinski definition) is 3. The van der Waals surface area contributed by atoms with E-state index < -0.39 is 0 Å². The molecule has 0 spiro atoms. The second kappa shape index (κ2) is 7.74. The SMILES string of the molecule is O=C(CCN1CCCNCC1)NC1CCCCC1. The van der Waals surface area contributed by atoms with E-state index in [1.54, 1.807) is 0 Å². The zero-order valence-corrected chi connectivity index (χ0v) is 11.4. The summed E-state index contributed by atoms with van der Waals surface area (Å²) < 4.78 is 0. The first-order chi connectivity index (χ1) is 8.84. The Balaban J connectivity index is 1.61. The molecule has 104 valence electrons. The normalized spacial score (nSPS) is 23.6. The van der Waals surface area contributed by atoms with Crippen LogP contribution in [0.3, 0.4) is 0 Å². The molecule has 1 heterocycles. The number of carbonyl (C=O) groups is 1. The van der Waals surface area contributed by atoms with E-state index in [4.69, 9.17) is 0 Å². The number of hydrogen-bond donors (Lipinski definition) is 2. The van der Waals surface area contributed by atoms with Crippen LogP contribution in [0.1, 0.15) is 44.9 Å². The largest absolute Gasteiger partial charge is 0.353 e. The molecule has 4 heteroatoms. The van der Waals surface area contributed by atoms with Gasteiger partial charge in [-0.05, 0) is 32.4 Å². The summed E-state index contributed by atoms with van der Waals surface area (Å²) in [6.07, 6.45) is 8.12. The summed E-state index contributed by atoms with van der Waals surface area (Å²) in [5.74, 6) is 0.249. The van der Waals surface area contributed by atoms with Crippen molar-refractivity contribution >= 4 is 5.91 Å². The van der Waals surface area contributed by atoms with E-state index in [2.05, 4.69) is 15.5 Å². The van der Waals surface area contributed by atoms with E-state index in [0.717, 1.165) is 32.7 Å². The molecule has 2 aliphatic rings. The number of nitrogens with zero attached hydrogens (tertiary/aromatic N) is 1. The van der Waals surface area contributed by atoms with Crippen molar-refractivity contribution < 1.29 is 4.79 Å². The molecule has 1 aliphatic heterocycles. The zero-order chi connectivity index (χ0) is 12.6. The predicted octanol–water partition coefficient (Wildman–Crippen LogP) is 1.12. The van der Waals surface area contributed by atoms with Gasteiger partial charge in [0.25, 0.3) is 0 Å². The maximum Gasteiger partial charge on any atom is 0.221 e. The second-order valence-electron chi connectivity index (χ2n) is 5.60. The molecule has 4 nitrogen and oxygen atoms in total. The lowest BCUT2D eigenvalue weighted by Crippen LogP contribution is -2.38. The number of amides is 1. The summed E-state index contributed by atoms with van der Waals surface area (Å²) in [5.41, 5.74) is 0. The van der Waals surface area contributed by atoms with Gasteiger partial charge < -0.3 is 15.5 Å². The van der Waals surface area contributed by atoms with Crippen LogP contribution in [0.15, 0.2) is 0 Å². The highest BCUT2D eigenvalue weighted by Crippen LogP contribution is 2.17. The molecule has 1 saturated heterocycles. The van der Waals surface area contributed by atoms with Crippen LogP contribution in [-0.4, -0.2) is 49.6 Å². The molecule has 1 aliphatic carbocycles. The molecule has 18 heavy (non-hydrogen) atoms. The molecule has 0 bridgehead atoms. The molecule has 0 radical (unpaired) electrons. The predicted molar refractivity (Wildman–Crippen MR) is 73.6 cm³/mol. The third-order valence-corrected chi connectivity index (χ3v) is 4.06. The summed E-state index contributed by atoms with van der Waals surface area (Å²) in [6.45, 7) is 5.30. The lowest BCUT2D eigenvalue weighted by molar-refractivity contribution is -0.122. The van der Waals surface area contributed by atoms with Crippen molar-refractivity contribution in [1.29, 1.82) is 0 Å². The molecule has 0 aromatic heterocycles. The van der Waals surface area contributed by atoms with Gasteiger partial charge in [-0.15, -0.1) is 0 Å². The van der Waals surface area contributed by atoms with Gasteiger partial charge in [-0.3, -0.25) is 4.79 Å². The monoisotopic (exact) mass is 253 g/mol. The summed E-state index contributed by atoms with van der Waals surface area (Å²) in [7, 11) is 0. The van der Waals surface area contributed by atoms with Gasteiger partial charge in [0.15, 0.2) is 0 Å². The Hall–Kier alpha value is -0.610. The van der Waals surface area contributed by atoms with E-state index >= 15 is 0 Å². The van der Waals surface area contributed by atoms with Crippen LogP contribution in [0.25, 0.3) is 0 Å². The van der Waals surface area contributed by atoms with E-state index in [9.17, 15) is 4.79 Å². The van der Waals surface area contributed by atoms with Crippen LogP contribution in [0.4, 0.5) is 0 Å². The molecule has 0 aromatic carbocycles. The van der Waals surface area contributed by atoms with Crippen molar-refractivity contribution in [2.24, 2.45) is 0 Å².